The first-order valence-electron chi connectivity index (χ1n) is 12.2. The normalized spacial score (nSPS) is 11.2. The van der Waals surface area contributed by atoms with Gasteiger partial charge < -0.3 is 23.0 Å². The van der Waals surface area contributed by atoms with E-state index in [9.17, 15) is 4.79 Å². The Morgan fingerprint density at radius 2 is 1.62 bits per heavy atom. The van der Waals surface area contributed by atoms with E-state index in [2.05, 4.69) is 10.2 Å². The number of rotatable bonds is 7. The molecule has 194 valence electrons. The Balaban J connectivity index is 1.30. The van der Waals surface area contributed by atoms with E-state index < -0.39 is 5.97 Å². The summed E-state index contributed by atoms with van der Waals surface area (Å²) in [7, 11) is 3.18. The van der Waals surface area contributed by atoms with Gasteiger partial charge in [0.1, 0.15) is 5.58 Å². The molecule has 0 spiro atoms. The molecule has 6 rings (SSSR count). The molecule has 0 amide bonds. The zero-order valence-corrected chi connectivity index (χ0v) is 21.4. The summed E-state index contributed by atoms with van der Waals surface area (Å²) in [5.74, 6) is 1.19. The molecule has 0 fully saturated rings. The molecular formula is C30H23N3O6. The van der Waals surface area contributed by atoms with Crippen LogP contribution in [0.5, 0.6) is 11.5 Å². The van der Waals surface area contributed by atoms with Gasteiger partial charge in [0.05, 0.1) is 31.0 Å². The largest absolute Gasteiger partial charge is 0.493 e. The zero-order chi connectivity index (χ0) is 26.9. The standard InChI is InChI=1S/C30H23N3O6/c1-17-19-8-5-7-11-24(19)38-28(17)30(34)37-16-27-32-33-29(39-27)21-15-23(31-22-10-6-4-9-20(21)22)18-12-13-25(35-2)26(14-18)36-3/h4-15H,16H2,1-3H3. The fraction of sp³-hybridized carbons (Fsp3) is 0.133. The van der Waals surface area contributed by atoms with E-state index in [4.69, 9.17) is 28.0 Å². The van der Waals surface area contributed by atoms with Crippen molar-refractivity contribution in [2.45, 2.75) is 13.5 Å². The Morgan fingerprint density at radius 1 is 0.846 bits per heavy atom. The van der Waals surface area contributed by atoms with Crippen LogP contribution in [0.15, 0.2) is 81.6 Å². The number of aryl methyl sites for hydroxylation is 1. The van der Waals surface area contributed by atoms with Crippen LogP contribution in [0.2, 0.25) is 0 Å². The van der Waals surface area contributed by atoms with E-state index >= 15 is 0 Å². The molecular weight excluding hydrogens is 498 g/mol. The van der Waals surface area contributed by atoms with E-state index in [1.54, 1.807) is 20.3 Å². The molecule has 9 nitrogen and oxygen atoms in total. The molecule has 3 aromatic heterocycles. The predicted octanol–water partition coefficient (Wildman–Crippen LogP) is 6.38. The van der Waals surface area contributed by atoms with Crippen LogP contribution in [0.3, 0.4) is 0 Å². The summed E-state index contributed by atoms with van der Waals surface area (Å²) >= 11 is 0. The van der Waals surface area contributed by atoms with Gasteiger partial charge in [-0.2, -0.15) is 0 Å². The monoisotopic (exact) mass is 521 g/mol. The number of benzene rings is 3. The zero-order valence-electron chi connectivity index (χ0n) is 21.4. The van der Waals surface area contributed by atoms with Gasteiger partial charge >= 0.3 is 5.97 Å². The first kappa shape index (κ1) is 24.2. The highest BCUT2D eigenvalue weighted by molar-refractivity contribution is 5.96. The lowest BCUT2D eigenvalue weighted by Crippen LogP contribution is -2.05. The molecule has 0 atom stereocenters. The number of carbonyl (C=O) groups excluding carboxylic acids is 1. The van der Waals surface area contributed by atoms with Crippen molar-refractivity contribution in [1.29, 1.82) is 0 Å². The van der Waals surface area contributed by atoms with Crippen molar-refractivity contribution < 1.29 is 27.8 Å². The van der Waals surface area contributed by atoms with Crippen LogP contribution in [0.25, 0.3) is 44.6 Å². The highest BCUT2D eigenvalue weighted by atomic mass is 16.6. The fourth-order valence-corrected chi connectivity index (χ4v) is 4.48. The number of furan rings is 1. The highest BCUT2D eigenvalue weighted by Crippen LogP contribution is 2.35. The van der Waals surface area contributed by atoms with Crippen molar-refractivity contribution in [2.24, 2.45) is 0 Å². The highest BCUT2D eigenvalue weighted by Gasteiger charge is 2.21. The number of methoxy groups -OCH3 is 2. The Morgan fingerprint density at radius 3 is 2.41 bits per heavy atom. The quantitative estimate of drug-likeness (QED) is 0.221. The van der Waals surface area contributed by atoms with Gasteiger partial charge in [-0.3, -0.25) is 0 Å². The Hall–Kier alpha value is -5.18. The molecule has 9 heteroatoms. The summed E-state index contributed by atoms with van der Waals surface area (Å²) in [6, 6.07) is 22.6. The minimum atomic E-state index is -0.603. The molecule has 39 heavy (non-hydrogen) atoms. The minimum absolute atomic E-state index is 0.149. The van der Waals surface area contributed by atoms with Crippen LogP contribution in [-0.2, 0) is 11.3 Å². The van der Waals surface area contributed by atoms with Crippen LogP contribution >= 0.6 is 0 Å². The van der Waals surface area contributed by atoms with Crippen LogP contribution < -0.4 is 9.47 Å². The van der Waals surface area contributed by atoms with Gasteiger partial charge in [-0.25, -0.2) is 9.78 Å². The molecule has 3 aromatic carbocycles. The van der Waals surface area contributed by atoms with Gasteiger partial charge in [0, 0.05) is 21.9 Å². The molecule has 0 saturated heterocycles. The number of esters is 1. The summed E-state index contributed by atoms with van der Waals surface area (Å²) in [4.78, 5) is 17.5. The minimum Gasteiger partial charge on any atom is -0.493 e. The average Bonchev–Trinajstić information content (AvgIpc) is 3.59. The smallest absolute Gasteiger partial charge is 0.375 e. The van der Waals surface area contributed by atoms with Gasteiger partial charge in [-0.15, -0.1) is 10.2 Å². The van der Waals surface area contributed by atoms with Gasteiger partial charge in [0.25, 0.3) is 5.89 Å². The number of pyridine rings is 1. The first-order valence-corrected chi connectivity index (χ1v) is 12.2. The van der Waals surface area contributed by atoms with E-state index in [0.717, 1.165) is 21.9 Å². The van der Waals surface area contributed by atoms with Crippen molar-refractivity contribution in [1.82, 2.24) is 15.2 Å². The fourth-order valence-electron chi connectivity index (χ4n) is 4.48. The van der Waals surface area contributed by atoms with E-state index in [-0.39, 0.29) is 24.1 Å². The first-order chi connectivity index (χ1) is 19.1. The lowest BCUT2D eigenvalue weighted by Gasteiger charge is -2.11. The third-order valence-corrected chi connectivity index (χ3v) is 6.45. The number of hydrogen-bond acceptors (Lipinski definition) is 9. The molecule has 0 N–H and O–H groups in total. The Labute approximate surface area is 223 Å². The molecule has 0 aliphatic heterocycles. The lowest BCUT2D eigenvalue weighted by molar-refractivity contribution is 0.0404. The Bertz CT molecular complexity index is 1840. The second kappa shape index (κ2) is 9.94. The number of fused-ring (bicyclic) bond motifs is 2. The third kappa shape index (κ3) is 4.44. The van der Waals surface area contributed by atoms with Crippen molar-refractivity contribution >= 4 is 27.8 Å². The molecule has 3 heterocycles. The second-order valence-electron chi connectivity index (χ2n) is 8.77. The summed E-state index contributed by atoms with van der Waals surface area (Å²) in [5.41, 5.74) is 4.31. The number of carbonyl (C=O) groups is 1. The van der Waals surface area contributed by atoms with Crippen LogP contribution in [0, 0.1) is 6.92 Å². The number of aromatic nitrogens is 3. The summed E-state index contributed by atoms with van der Waals surface area (Å²) in [6.45, 7) is 1.62. The van der Waals surface area contributed by atoms with E-state index in [1.807, 2.05) is 73.7 Å². The van der Waals surface area contributed by atoms with Crippen molar-refractivity contribution in [3.63, 3.8) is 0 Å². The third-order valence-electron chi connectivity index (χ3n) is 6.45. The van der Waals surface area contributed by atoms with Crippen LogP contribution in [0.1, 0.15) is 22.0 Å². The van der Waals surface area contributed by atoms with Crippen molar-refractivity contribution in [2.75, 3.05) is 14.2 Å². The SMILES string of the molecule is COc1ccc(-c2cc(-c3nnc(COC(=O)c4oc5ccccc5c4C)o3)c3ccccc3n2)cc1OC. The van der Waals surface area contributed by atoms with Crippen LogP contribution in [-0.4, -0.2) is 35.4 Å². The number of hydrogen-bond donors (Lipinski definition) is 0. The van der Waals surface area contributed by atoms with Gasteiger partial charge in [0.2, 0.25) is 11.7 Å². The molecule has 0 bridgehead atoms. The number of para-hydroxylation sites is 2. The maximum absolute atomic E-state index is 12.7. The van der Waals surface area contributed by atoms with Crippen molar-refractivity contribution in [3.8, 4) is 34.2 Å². The summed E-state index contributed by atoms with van der Waals surface area (Å²) < 4.78 is 27.9. The van der Waals surface area contributed by atoms with Crippen molar-refractivity contribution in [3.05, 3.63) is 90.0 Å². The maximum atomic E-state index is 12.7. The Kier molecular flexibility index (Phi) is 6.16. The average molecular weight is 522 g/mol. The van der Waals surface area contributed by atoms with Crippen LogP contribution in [0.4, 0.5) is 0 Å². The molecule has 0 radical (unpaired) electrons. The summed E-state index contributed by atoms with van der Waals surface area (Å²) in [6.07, 6.45) is 0. The molecule has 0 saturated carbocycles. The van der Waals surface area contributed by atoms with Gasteiger partial charge in [-0.05, 0) is 43.3 Å². The molecule has 0 unspecified atom stereocenters. The summed E-state index contributed by atoms with van der Waals surface area (Å²) in [5, 5.41) is 10.0. The second-order valence-corrected chi connectivity index (χ2v) is 8.77. The maximum Gasteiger partial charge on any atom is 0.375 e. The van der Waals surface area contributed by atoms with Gasteiger partial charge in [-0.1, -0.05) is 36.4 Å². The molecule has 0 aliphatic rings. The van der Waals surface area contributed by atoms with Gasteiger partial charge in [0.15, 0.2) is 18.1 Å². The van der Waals surface area contributed by atoms with E-state index in [1.165, 1.54) is 0 Å². The lowest BCUT2D eigenvalue weighted by atomic mass is 10.0. The predicted molar refractivity (Wildman–Crippen MR) is 144 cm³/mol. The molecule has 0 aliphatic carbocycles. The van der Waals surface area contributed by atoms with E-state index in [0.29, 0.717) is 33.9 Å². The number of ether oxygens (including phenoxy) is 3. The topological polar surface area (TPSA) is 110 Å². The number of nitrogens with zero attached hydrogens (tertiary/aromatic N) is 3. The molecule has 6 aromatic rings.